The highest BCUT2D eigenvalue weighted by Crippen LogP contribution is 2.52. The number of thiophene rings is 1. The van der Waals surface area contributed by atoms with Crippen LogP contribution in [0.15, 0.2) is 132 Å². The molecular formula is C50H54BNO6SSi. The number of imide groups is 1. The van der Waals surface area contributed by atoms with E-state index in [4.69, 9.17) is 9.08 Å². The number of phenols is 1. The van der Waals surface area contributed by atoms with Gasteiger partial charge in [0.25, 0.3) is 8.32 Å². The second-order valence-corrected chi connectivity index (χ2v) is 23.0. The molecule has 4 aromatic carbocycles. The van der Waals surface area contributed by atoms with E-state index >= 15 is 0 Å². The molecule has 2 aliphatic heterocycles. The molecule has 4 atom stereocenters. The number of likely N-dealkylation sites (tertiary alicyclic amines) is 1. The largest absolute Gasteiger partial charge is 0.507 e. The maximum absolute atomic E-state index is 14.5. The Morgan fingerprint density at radius 3 is 2.08 bits per heavy atom. The van der Waals surface area contributed by atoms with Crippen molar-refractivity contribution in [2.45, 2.75) is 77.9 Å². The van der Waals surface area contributed by atoms with Crippen LogP contribution in [0.2, 0.25) is 11.4 Å². The summed E-state index contributed by atoms with van der Waals surface area (Å²) >= 11 is 1.54. The summed E-state index contributed by atoms with van der Waals surface area (Å²) in [6, 6.07) is 39.3. The summed E-state index contributed by atoms with van der Waals surface area (Å²) in [5, 5.41) is 26.1. The molecule has 308 valence electrons. The predicted molar refractivity (Wildman–Crippen MR) is 244 cm³/mol. The van der Waals surface area contributed by atoms with Gasteiger partial charge in [0, 0.05) is 4.88 Å². The highest BCUT2D eigenvalue weighted by Gasteiger charge is 2.58. The lowest BCUT2D eigenvalue weighted by atomic mass is 9.58. The van der Waals surface area contributed by atoms with Crippen molar-refractivity contribution in [3.05, 3.63) is 159 Å². The van der Waals surface area contributed by atoms with E-state index in [1.165, 1.54) is 4.90 Å². The predicted octanol–water partition coefficient (Wildman–Crippen LogP) is 8.97. The molecule has 0 saturated carbocycles. The SMILES string of the molecule is Cc1cc(/C=C(/CC[C@H]2OB(O)C[C@H]3C2=C(CO[Si](c2ccccc2)(c2ccccc2)C(C)(C)C)C[C@H]2C(=O)N(Cc4cccs4)C(=O)[C@H]23)c2ccccc2)cc(C)c1O. The third kappa shape index (κ3) is 8.04. The van der Waals surface area contributed by atoms with Crippen LogP contribution in [0.25, 0.3) is 11.6 Å². The van der Waals surface area contributed by atoms with Gasteiger partial charge in [0.1, 0.15) is 5.75 Å². The number of carbonyl (C=O) groups is 2. The molecular weight excluding hydrogens is 782 g/mol. The van der Waals surface area contributed by atoms with Crippen LogP contribution in [-0.2, 0) is 25.2 Å². The first-order valence-electron chi connectivity index (χ1n) is 21.1. The molecule has 2 N–H and O–H groups in total. The van der Waals surface area contributed by atoms with Gasteiger partial charge in [-0.3, -0.25) is 14.5 Å². The van der Waals surface area contributed by atoms with Crippen molar-refractivity contribution in [1.82, 2.24) is 4.90 Å². The number of aryl methyl sites for hydroxylation is 2. The molecule has 0 spiro atoms. The molecule has 60 heavy (non-hydrogen) atoms. The van der Waals surface area contributed by atoms with Crippen LogP contribution in [0, 0.1) is 31.6 Å². The fraction of sp³-hybridized carbons (Fsp3) is 0.320. The minimum atomic E-state index is -3.00. The normalized spacial score (nSPS) is 21.1. The molecule has 2 amide bonds. The highest BCUT2D eigenvalue weighted by atomic mass is 32.1. The maximum atomic E-state index is 14.5. The number of benzene rings is 4. The van der Waals surface area contributed by atoms with Gasteiger partial charge >= 0.3 is 7.12 Å². The van der Waals surface area contributed by atoms with Gasteiger partial charge in [0.15, 0.2) is 0 Å². The minimum absolute atomic E-state index is 0.147. The first-order valence-corrected chi connectivity index (χ1v) is 23.9. The summed E-state index contributed by atoms with van der Waals surface area (Å²) < 4.78 is 14.1. The Balaban J connectivity index is 1.22. The second kappa shape index (κ2) is 17.3. The number of carbonyl (C=O) groups excluding carboxylic acids is 2. The third-order valence-electron chi connectivity index (χ3n) is 12.8. The van der Waals surface area contributed by atoms with Gasteiger partial charge in [-0.2, -0.15) is 0 Å². The number of hydrogen-bond donors (Lipinski definition) is 2. The molecule has 7 nitrogen and oxygen atoms in total. The number of fused-ring (bicyclic) bond motifs is 3. The molecule has 3 aliphatic rings. The molecule has 0 bridgehead atoms. The van der Waals surface area contributed by atoms with Gasteiger partial charge in [-0.1, -0.05) is 124 Å². The molecule has 0 unspecified atom stereocenters. The third-order valence-corrected chi connectivity index (χ3v) is 18.7. The number of nitrogens with zero attached hydrogens (tertiary/aromatic N) is 1. The zero-order chi connectivity index (χ0) is 42.2. The summed E-state index contributed by atoms with van der Waals surface area (Å²) in [6.45, 7) is 11.1. The number of rotatable bonds is 12. The van der Waals surface area contributed by atoms with Crippen LogP contribution in [0.4, 0.5) is 0 Å². The van der Waals surface area contributed by atoms with E-state index < -0.39 is 33.4 Å². The van der Waals surface area contributed by atoms with E-state index in [-0.39, 0.29) is 42.2 Å². The van der Waals surface area contributed by atoms with Crippen molar-refractivity contribution < 1.29 is 28.8 Å². The Morgan fingerprint density at radius 2 is 1.50 bits per heavy atom. The molecule has 8 rings (SSSR count). The van der Waals surface area contributed by atoms with Gasteiger partial charge in [-0.25, -0.2) is 0 Å². The van der Waals surface area contributed by atoms with Crippen molar-refractivity contribution in [3.8, 4) is 5.75 Å². The van der Waals surface area contributed by atoms with Crippen LogP contribution >= 0.6 is 11.3 Å². The lowest BCUT2D eigenvalue weighted by Gasteiger charge is -2.46. The Labute approximate surface area is 359 Å². The van der Waals surface area contributed by atoms with E-state index in [1.807, 2.05) is 73.8 Å². The van der Waals surface area contributed by atoms with Crippen molar-refractivity contribution in [3.63, 3.8) is 0 Å². The quantitative estimate of drug-likeness (QED) is 0.0564. The van der Waals surface area contributed by atoms with Gasteiger partial charge in [-0.15, -0.1) is 11.3 Å². The first kappa shape index (κ1) is 41.9. The molecule has 1 aromatic heterocycles. The summed E-state index contributed by atoms with van der Waals surface area (Å²) in [5.41, 5.74) is 6.78. The van der Waals surface area contributed by atoms with E-state index in [9.17, 15) is 19.7 Å². The van der Waals surface area contributed by atoms with Gasteiger partial charge < -0.3 is 19.2 Å². The summed E-state index contributed by atoms with van der Waals surface area (Å²) in [4.78, 5) is 31.4. The molecule has 2 fully saturated rings. The summed E-state index contributed by atoms with van der Waals surface area (Å²) in [6.07, 6.45) is 3.44. The zero-order valence-electron chi connectivity index (χ0n) is 35.1. The lowest BCUT2D eigenvalue weighted by Crippen LogP contribution is -2.66. The van der Waals surface area contributed by atoms with Crippen molar-refractivity contribution in [1.29, 1.82) is 0 Å². The molecule has 0 radical (unpaired) electrons. The fourth-order valence-corrected chi connectivity index (χ4v) is 15.4. The van der Waals surface area contributed by atoms with Crippen molar-refractivity contribution >= 4 is 60.6 Å². The molecule has 1 aliphatic carbocycles. The van der Waals surface area contributed by atoms with Crippen LogP contribution in [0.5, 0.6) is 5.75 Å². The number of aromatic hydroxyl groups is 1. The van der Waals surface area contributed by atoms with E-state index in [1.54, 1.807) is 11.3 Å². The Morgan fingerprint density at radius 1 is 0.883 bits per heavy atom. The van der Waals surface area contributed by atoms with Crippen LogP contribution in [0.1, 0.15) is 67.2 Å². The van der Waals surface area contributed by atoms with E-state index in [2.05, 4.69) is 87.5 Å². The minimum Gasteiger partial charge on any atom is -0.507 e. The molecule has 2 saturated heterocycles. The van der Waals surface area contributed by atoms with Gasteiger partial charge in [0.2, 0.25) is 11.8 Å². The Bertz CT molecular complexity index is 2330. The number of phenolic OH excluding ortho intramolecular Hbond substituents is 1. The highest BCUT2D eigenvalue weighted by molar-refractivity contribution is 7.09. The van der Waals surface area contributed by atoms with E-state index in [0.717, 1.165) is 54.2 Å². The maximum Gasteiger partial charge on any atom is 0.455 e. The van der Waals surface area contributed by atoms with E-state index in [0.29, 0.717) is 25.0 Å². The number of amides is 2. The van der Waals surface area contributed by atoms with Crippen LogP contribution in [-0.4, -0.2) is 55.0 Å². The fourth-order valence-electron chi connectivity index (χ4n) is 10.1. The first-order chi connectivity index (χ1) is 28.9. The standard InChI is InChI=1S/C50H54BNO6SSi/c1-33-26-35(27-34(2)47(33)53)28-37(36-16-9-6-10-17-36)23-24-44-45-38(32-57-60(50(3,4)5,40-19-11-7-12-20-40)41-21-13-8-14-22-41)29-42-46(43(45)30-51(56)58-44)49(55)52(48(42)54)31-39-18-15-25-59-39/h6-22,25-28,42-44,46,53,56H,23-24,29-32H2,1-5H3/b37-28-/t42-,43+,44-,46-/m1/s1. The van der Waals surface area contributed by atoms with Crippen LogP contribution in [0.3, 0.4) is 0 Å². The van der Waals surface area contributed by atoms with Crippen molar-refractivity contribution in [2.75, 3.05) is 6.61 Å². The summed E-state index contributed by atoms with van der Waals surface area (Å²) in [7, 11) is -4.09. The monoisotopic (exact) mass is 835 g/mol. The average Bonchev–Trinajstić information content (AvgIpc) is 3.84. The van der Waals surface area contributed by atoms with Crippen molar-refractivity contribution in [2.24, 2.45) is 17.8 Å². The Kier molecular flexibility index (Phi) is 12.0. The second-order valence-electron chi connectivity index (χ2n) is 17.7. The average molecular weight is 836 g/mol. The number of hydrogen-bond acceptors (Lipinski definition) is 7. The topological polar surface area (TPSA) is 96.3 Å². The molecule has 3 heterocycles. The smallest absolute Gasteiger partial charge is 0.455 e. The lowest BCUT2D eigenvalue weighted by molar-refractivity contribution is -0.140. The summed E-state index contributed by atoms with van der Waals surface area (Å²) in [5.74, 6) is -1.52. The van der Waals surface area contributed by atoms with Gasteiger partial charge in [-0.05, 0) is 123 Å². The van der Waals surface area contributed by atoms with Crippen LogP contribution < -0.4 is 10.4 Å². The Hall–Kier alpha value is -4.84. The van der Waals surface area contributed by atoms with Gasteiger partial charge in [0.05, 0.1) is 31.1 Å². The molecule has 5 aromatic rings. The zero-order valence-corrected chi connectivity index (χ0v) is 37.0. The number of allylic oxidation sites excluding steroid dienone is 1. The molecule has 10 heteroatoms.